The van der Waals surface area contributed by atoms with Crippen LogP contribution in [0.1, 0.15) is 41.9 Å². The van der Waals surface area contributed by atoms with Crippen molar-refractivity contribution in [3.8, 4) is 0 Å². The van der Waals surface area contributed by atoms with Crippen molar-refractivity contribution in [2.75, 3.05) is 19.5 Å². The first kappa shape index (κ1) is 24.5. The topological polar surface area (TPSA) is 72.9 Å². The van der Waals surface area contributed by atoms with Crippen molar-refractivity contribution in [3.05, 3.63) is 69.9 Å². The van der Waals surface area contributed by atoms with E-state index < -0.39 is 33.8 Å². The summed E-state index contributed by atoms with van der Waals surface area (Å²) in [5.41, 5.74) is 2.98. The molecular weight excluding hydrogens is 471 g/mol. The first-order valence-electron chi connectivity index (χ1n) is 11.0. The fourth-order valence-corrected chi connectivity index (χ4v) is 5.23. The quantitative estimate of drug-likeness (QED) is 0.572. The Hall–Kier alpha value is -2.59. The summed E-state index contributed by atoms with van der Waals surface area (Å²) in [5, 5.41) is 0. The molecule has 1 unspecified atom stereocenters. The Morgan fingerprint density at radius 1 is 1.18 bits per heavy atom. The van der Waals surface area contributed by atoms with E-state index in [1.54, 1.807) is 0 Å². The molecule has 1 fully saturated rings. The smallest absolute Gasteiger partial charge is 0.448 e. The predicted octanol–water partition coefficient (Wildman–Crippen LogP) is 4.14. The lowest BCUT2D eigenvalue weighted by Crippen LogP contribution is -2.35. The molecule has 34 heavy (non-hydrogen) atoms. The van der Waals surface area contributed by atoms with Crippen LogP contribution >= 0.6 is 0 Å². The van der Waals surface area contributed by atoms with Crippen LogP contribution in [0.5, 0.6) is 0 Å². The third kappa shape index (κ3) is 5.22. The molecule has 0 bridgehead atoms. The molecule has 3 aliphatic rings. The van der Waals surface area contributed by atoms with E-state index in [1.807, 2.05) is 12.1 Å². The molecule has 0 radical (unpaired) electrons. The van der Waals surface area contributed by atoms with Gasteiger partial charge in [0.25, 0.3) is 5.91 Å². The highest BCUT2D eigenvalue weighted by atomic mass is 32.2. The van der Waals surface area contributed by atoms with Gasteiger partial charge in [0.15, 0.2) is 15.6 Å². The average Bonchev–Trinajstić information content (AvgIpc) is 3.21. The Balaban J connectivity index is 1.56. The number of sulfone groups is 1. The molecular formula is C24H26F3NO5S. The maximum absolute atomic E-state index is 13.4. The fourth-order valence-electron chi connectivity index (χ4n) is 4.49. The Kier molecular flexibility index (Phi) is 6.65. The summed E-state index contributed by atoms with van der Waals surface area (Å²) in [4.78, 5) is 14.8. The summed E-state index contributed by atoms with van der Waals surface area (Å²) in [7, 11) is -3.66. The van der Waals surface area contributed by atoms with Crippen LogP contribution in [-0.4, -0.2) is 51.0 Å². The third-order valence-electron chi connectivity index (χ3n) is 6.39. The number of fused-ring (bicyclic) bond motifs is 1. The van der Waals surface area contributed by atoms with Gasteiger partial charge in [0, 0.05) is 39.0 Å². The first-order chi connectivity index (χ1) is 15.9. The van der Waals surface area contributed by atoms with E-state index in [1.165, 1.54) is 16.5 Å². The van der Waals surface area contributed by atoms with E-state index in [-0.39, 0.29) is 30.0 Å². The highest BCUT2D eigenvalue weighted by molar-refractivity contribution is 7.94. The van der Waals surface area contributed by atoms with Crippen LogP contribution in [0.2, 0.25) is 0 Å². The van der Waals surface area contributed by atoms with E-state index in [2.05, 4.69) is 12.6 Å². The van der Waals surface area contributed by atoms with Crippen LogP contribution in [0.15, 0.2) is 53.2 Å². The molecule has 1 saturated heterocycles. The fraction of sp³-hybridized carbons (Fsp3) is 0.458. The zero-order valence-corrected chi connectivity index (χ0v) is 19.5. The minimum atomic E-state index is -4.79. The summed E-state index contributed by atoms with van der Waals surface area (Å²) in [5.74, 6) is -1.60. The largest absolute Gasteiger partial charge is 0.481 e. The summed E-state index contributed by atoms with van der Waals surface area (Å²) in [6, 6.07) is 6.10. The molecule has 1 aromatic carbocycles. The number of amides is 1. The average molecular weight is 498 g/mol. The zero-order valence-electron chi connectivity index (χ0n) is 18.7. The van der Waals surface area contributed by atoms with Gasteiger partial charge in [-0.3, -0.25) is 4.79 Å². The van der Waals surface area contributed by atoms with Crippen molar-refractivity contribution in [2.45, 2.75) is 50.6 Å². The number of nitrogens with zero attached hydrogens (tertiary/aromatic N) is 1. The summed E-state index contributed by atoms with van der Waals surface area (Å²) in [6.07, 6.45) is -1.05. The summed E-state index contributed by atoms with van der Waals surface area (Å²) >= 11 is 0. The van der Waals surface area contributed by atoms with Gasteiger partial charge < -0.3 is 14.4 Å². The number of halogens is 3. The zero-order chi connectivity index (χ0) is 24.7. The number of alkyl halides is 3. The summed E-state index contributed by atoms with van der Waals surface area (Å²) in [6.45, 7) is 4.91. The van der Waals surface area contributed by atoms with E-state index in [0.29, 0.717) is 19.1 Å². The van der Waals surface area contributed by atoms with Crippen molar-refractivity contribution in [1.82, 2.24) is 4.90 Å². The number of allylic oxidation sites excluding steroid dienone is 2. The standard InChI is InChI=1S/C24H26F3NO5S/c1-15(24(25,26)27)33-22-6-5-20(34(2,30)31)12-21(22)23(29)28-13-18-4-3-17(11-19(18)14-28)16-7-9-32-10-8-16/h3-5,11-12,16,22H,1,6-10,13-14H2,2H3. The van der Waals surface area contributed by atoms with Crippen LogP contribution < -0.4 is 0 Å². The molecule has 4 rings (SSSR count). The summed E-state index contributed by atoms with van der Waals surface area (Å²) < 4.78 is 73.5. The second kappa shape index (κ2) is 9.22. The minimum absolute atomic E-state index is 0.119. The van der Waals surface area contributed by atoms with Crippen LogP contribution in [0.4, 0.5) is 13.2 Å². The van der Waals surface area contributed by atoms with Crippen molar-refractivity contribution in [2.24, 2.45) is 0 Å². The number of carbonyl (C=O) groups excluding carboxylic acids is 1. The lowest BCUT2D eigenvalue weighted by atomic mass is 9.90. The SMILES string of the molecule is C=C(OC1CC=C(S(C)(=O)=O)C=C1C(=O)N1Cc2ccc(C3CCOCC3)cc2C1)C(F)(F)F. The molecule has 0 aromatic heterocycles. The molecule has 1 amide bonds. The van der Waals surface area contributed by atoms with Crippen molar-refractivity contribution in [1.29, 1.82) is 0 Å². The van der Waals surface area contributed by atoms with Crippen LogP contribution in [-0.2, 0) is 37.2 Å². The molecule has 1 aliphatic carbocycles. The van der Waals surface area contributed by atoms with Crippen LogP contribution in [0.25, 0.3) is 0 Å². The number of carbonyl (C=O) groups is 1. The molecule has 1 aromatic rings. The molecule has 2 aliphatic heterocycles. The van der Waals surface area contributed by atoms with Gasteiger partial charge in [-0.1, -0.05) is 30.9 Å². The number of rotatable bonds is 5. The Bertz CT molecular complexity index is 1160. The third-order valence-corrected chi connectivity index (χ3v) is 7.53. The molecule has 6 nitrogen and oxygen atoms in total. The molecule has 1 atom stereocenters. The lowest BCUT2D eigenvalue weighted by Gasteiger charge is -2.28. The Morgan fingerprint density at radius 3 is 2.50 bits per heavy atom. The van der Waals surface area contributed by atoms with Crippen molar-refractivity contribution in [3.63, 3.8) is 0 Å². The van der Waals surface area contributed by atoms with E-state index >= 15 is 0 Å². The van der Waals surface area contributed by atoms with Gasteiger partial charge in [-0.15, -0.1) is 0 Å². The molecule has 10 heteroatoms. The minimum Gasteiger partial charge on any atom is -0.481 e. The van der Waals surface area contributed by atoms with Gasteiger partial charge in [-0.2, -0.15) is 13.2 Å². The Morgan fingerprint density at radius 2 is 1.85 bits per heavy atom. The number of benzene rings is 1. The van der Waals surface area contributed by atoms with Gasteiger partial charge in [-0.25, -0.2) is 8.42 Å². The highest BCUT2D eigenvalue weighted by Gasteiger charge is 2.39. The van der Waals surface area contributed by atoms with Crippen LogP contribution in [0.3, 0.4) is 0 Å². The van der Waals surface area contributed by atoms with Gasteiger partial charge in [-0.05, 0) is 41.5 Å². The second-order valence-electron chi connectivity index (χ2n) is 8.82. The Labute approximate surface area is 196 Å². The number of hydrogen-bond donors (Lipinski definition) is 0. The van der Waals surface area contributed by atoms with Gasteiger partial charge in [0.05, 0.1) is 10.5 Å². The molecule has 0 spiro atoms. The molecule has 2 heterocycles. The van der Waals surface area contributed by atoms with E-state index in [9.17, 15) is 26.4 Å². The normalized spacial score (nSPS) is 21.5. The van der Waals surface area contributed by atoms with Crippen molar-refractivity contribution >= 4 is 15.7 Å². The molecule has 0 N–H and O–H groups in total. The monoisotopic (exact) mass is 497 g/mol. The predicted molar refractivity (Wildman–Crippen MR) is 119 cm³/mol. The van der Waals surface area contributed by atoms with Gasteiger partial charge >= 0.3 is 6.18 Å². The maximum atomic E-state index is 13.4. The second-order valence-corrected chi connectivity index (χ2v) is 10.8. The number of hydrogen-bond acceptors (Lipinski definition) is 5. The van der Waals surface area contributed by atoms with Gasteiger partial charge in [0.1, 0.15) is 6.10 Å². The van der Waals surface area contributed by atoms with Crippen LogP contribution in [0, 0.1) is 0 Å². The molecule has 184 valence electrons. The van der Waals surface area contributed by atoms with E-state index in [0.717, 1.165) is 36.3 Å². The van der Waals surface area contributed by atoms with Crippen molar-refractivity contribution < 1.29 is 35.9 Å². The van der Waals surface area contributed by atoms with Gasteiger partial charge in [0.2, 0.25) is 0 Å². The number of ether oxygens (including phenoxy) is 2. The van der Waals surface area contributed by atoms with E-state index in [4.69, 9.17) is 9.47 Å². The highest BCUT2D eigenvalue weighted by Crippen LogP contribution is 2.35. The first-order valence-corrected chi connectivity index (χ1v) is 12.9. The lowest BCUT2D eigenvalue weighted by molar-refractivity contribution is -0.140. The maximum Gasteiger partial charge on any atom is 0.448 e. The molecule has 0 saturated carbocycles.